The average Bonchev–Trinajstić information content (AvgIpc) is 2.67. The van der Waals surface area contributed by atoms with Crippen LogP contribution in [0.1, 0.15) is 126 Å². The SMILES string of the molecule is CC1=CCCC2C1(C)CCC1C2(C)CCC2(C)C3CC(C)(C)CCC3(C)CCC12C. The van der Waals surface area contributed by atoms with Gasteiger partial charge in [-0.1, -0.05) is 60.1 Å². The van der Waals surface area contributed by atoms with Crippen LogP contribution in [0.4, 0.5) is 0 Å². The number of hydrogen-bond donors (Lipinski definition) is 0. The first kappa shape index (κ1) is 21.6. The van der Waals surface area contributed by atoms with E-state index in [1.165, 1.54) is 70.6 Å². The lowest BCUT2D eigenvalue weighted by atomic mass is 9.30. The van der Waals surface area contributed by atoms with Gasteiger partial charge >= 0.3 is 0 Å². The first-order valence-electron chi connectivity index (χ1n) is 13.5. The molecule has 5 rings (SSSR count). The summed E-state index contributed by atoms with van der Waals surface area (Å²) >= 11 is 0. The van der Waals surface area contributed by atoms with Gasteiger partial charge in [-0.25, -0.2) is 0 Å². The van der Waals surface area contributed by atoms with Gasteiger partial charge in [-0.2, -0.15) is 0 Å². The predicted octanol–water partition coefficient (Wildman–Crippen LogP) is 9.20. The monoisotopic (exact) mass is 410 g/mol. The topological polar surface area (TPSA) is 0 Å². The van der Waals surface area contributed by atoms with Gasteiger partial charge in [0.25, 0.3) is 0 Å². The van der Waals surface area contributed by atoms with E-state index in [1.54, 1.807) is 5.57 Å². The van der Waals surface area contributed by atoms with E-state index in [2.05, 4.69) is 61.5 Å². The van der Waals surface area contributed by atoms with Crippen LogP contribution in [0.15, 0.2) is 11.6 Å². The predicted molar refractivity (Wildman–Crippen MR) is 129 cm³/mol. The third-order valence-electron chi connectivity index (χ3n) is 13.3. The summed E-state index contributed by atoms with van der Waals surface area (Å²) in [5.74, 6) is 2.77. The van der Waals surface area contributed by atoms with Gasteiger partial charge in [-0.3, -0.25) is 0 Å². The molecule has 30 heavy (non-hydrogen) atoms. The third kappa shape index (κ3) is 2.52. The summed E-state index contributed by atoms with van der Waals surface area (Å²) in [6.07, 6.45) is 18.6. The highest BCUT2D eigenvalue weighted by Gasteiger charge is 2.70. The lowest BCUT2D eigenvalue weighted by Gasteiger charge is -2.74. The Morgan fingerprint density at radius 2 is 1.30 bits per heavy atom. The van der Waals surface area contributed by atoms with Crippen molar-refractivity contribution in [1.82, 2.24) is 0 Å². The molecule has 0 heteroatoms. The lowest BCUT2D eigenvalue weighted by Crippen LogP contribution is -2.66. The van der Waals surface area contributed by atoms with Gasteiger partial charge in [0.1, 0.15) is 0 Å². The van der Waals surface area contributed by atoms with Crippen molar-refractivity contribution in [2.24, 2.45) is 50.2 Å². The molecule has 0 nitrogen and oxygen atoms in total. The Kier molecular flexibility index (Phi) is 4.46. The van der Waals surface area contributed by atoms with Gasteiger partial charge in [0.15, 0.2) is 0 Å². The summed E-state index contributed by atoms with van der Waals surface area (Å²) in [4.78, 5) is 0. The summed E-state index contributed by atoms with van der Waals surface area (Å²) in [5, 5.41) is 0. The van der Waals surface area contributed by atoms with Crippen LogP contribution in [0.2, 0.25) is 0 Å². The van der Waals surface area contributed by atoms with Crippen molar-refractivity contribution < 1.29 is 0 Å². The van der Waals surface area contributed by atoms with Crippen LogP contribution in [0, 0.1) is 50.2 Å². The number of allylic oxidation sites excluding steroid dienone is 2. The standard InChI is InChI=1S/C30H50/c1-21-10-9-11-22-27(21,5)13-12-23-28(22,6)17-19-30(8)24-20-25(2,3)14-15-26(24,4)16-18-29(23,30)7/h10,22-24H,9,11-20H2,1-8H3. The van der Waals surface area contributed by atoms with Gasteiger partial charge in [-0.05, 0) is 128 Å². The molecule has 0 amide bonds. The molecule has 0 aliphatic heterocycles. The zero-order valence-electron chi connectivity index (χ0n) is 21.6. The van der Waals surface area contributed by atoms with Crippen LogP contribution in [0.3, 0.4) is 0 Å². The summed E-state index contributed by atoms with van der Waals surface area (Å²) in [7, 11) is 0. The second-order valence-electron chi connectivity index (χ2n) is 14.9. The maximum absolute atomic E-state index is 2.80. The minimum atomic E-state index is 0.476. The van der Waals surface area contributed by atoms with Crippen LogP contribution in [-0.2, 0) is 0 Å². The van der Waals surface area contributed by atoms with Gasteiger partial charge in [0.05, 0.1) is 0 Å². The molecule has 0 aromatic rings. The molecule has 4 saturated carbocycles. The fraction of sp³-hybridized carbons (Fsp3) is 0.933. The normalized spacial score (nSPS) is 57.3. The highest BCUT2D eigenvalue weighted by molar-refractivity contribution is 5.25. The molecule has 0 N–H and O–H groups in total. The smallest absolute Gasteiger partial charge is 0.00854 e. The Hall–Kier alpha value is -0.260. The molecule has 0 radical (unpaired) electrons. The van der Waals surface area contributed by atoms with Crippen LogP contribution in [0.25, 0.3) is 0 Å². The number of hydrogen-bond acceptors (Lipinski definition) is 0. The Labute approximate surface area is 188 Å². The van der Waals surface area contributed by atoms with E-state index in [0.29, 0.717) is 32.5 Å². The van der Waals surface area contributed by atoms with Crippen molar-refractivity contribution in [1.29, 1.82) is 0 Å². The van der Waals surface area contributed by atoms with Crippen molar-refractivity contribution in [3.05, 3.63) is 11.6 Å². The van der Waals surface area contributed by atoms with E-state index >= 15 is 0 Å². The molecule has 0 spiro atoms. The van der Waals surface area contributed by atoms with Crippen molar-refractivity contribution >= 4 is 0 Å². The Morgan fingerprint density at radius 1 is 0.667 bits per heavy atom. The Morgan fingerprint density at radius 3 is 2.03 bits per heavy atom. The molecule has 8 unspecified atom stereocenters. The molecule has 0 aromatic heterocycles. The molecule has 0 aromatic carbocycles. The minimum absolute atomic E-state index is 0.476. The second-order valence-corrected chi connectivity index (χ2v) is 14.9. The fourth-order valence-electron chi connectivity index (χ4n) is 10.9. The largest absolute Gasteiger partial charge is 0.0850 e. The fourth-order valence-corrected chi connectivity index (χ4v) is 10.9. The minimum Gasteiger partial charge on any atom is -0.0850 e. The molecule has 0 saturated heterocycles. The van der Waals surface area contributed by atoms with Crippen LogP contribution in [-0.4, -0.2) is 0 Å². The Balaban J connectivity index is 1.56. The zero-order chi connectivity index (χ0) is 21.8. The van der Waals surface area contributed by atoms with E-state index in [1.807, 2.05) is 0 Å². The zero-order valence-corrected chi connectivity index (χ0v) is 21.6. The maximum atomic E-state index is 2.80. The Bertz CT molecular complexity index is 758. The second kappa shape index (κ2) is 6.20. The third-order valence-corrected chi connectivity index (χ3v) is 13.3. The highest BCUT2D eigenvalue weighted by atomic mass is 14.7. The number of fused-ring (bicyclic) bond motifs is 7. The molecular weight excluding hydrogens is 360 g/mol. The van der Waals surface area contributed by atoms with Crippen molar-refractivity contribution in [2.75, 3.05) is 0 Å². The van der Waals surface area contributed by atoms with Crippen LogP contribution < -0.4 is 0 Å². The van der Waals surface area contributed by atoms with Gasteiger partial charge < -0.3 is 0 Å². The summed E-state index contributed by atoms with van der Waals surface area (Å²) in [5.41, 5.74) is 4.97. The van der Waals surface area contributed by atoms with E-state index in [9.17, 15) is 0 Å². The molecule has 0 heterocycles. The summed E-state index contributed by atoms with van der Waals surface area (Å²) < 4.78 is 0. The quantitative estimate of drug-likeness (QED) is 0.349. The van der Waals surface area contributed by atoms with Gasteiger partial charge in [0.2, 0.25) is 0 Å². The van der Waals surface area contributed by atoms with E-state index in [4.69, 9.17) is 0 Å². The molecule has 170 valence electrons. The molecular formula is C30H50. The molecule has 8 atom stereocenters. The summed E-state index contributed by atoms with van der Waals surface area (Å²) in [6, 6.07) is 0. The first-order chi connectivity index (χ1) is 13.8. The molecule has 5 aliphatic rings. The average molecular weight is 411 g/mol. The van der Waals surface area contributed by atoms with Crippen molar-refractivity contribution in [3.63, 3.8) is 0 Å². The van der Waals surface area contributed by atoms with E-state index < -0.39 is 0 Å². The lowest BCUT2D eigenvalue weighted by molar-refractivity contribution is -0.248. The molecule has 5 aliphatic carbocycles. The van der Waals surface area contributed by atoms with Crippen molar-refractivity contribution in [2.45, 2.75) is 126 Å². The first-order valence-corrected chi connectivity index (χ1v) is 13.5. The van der Waals surface area contributed by atoms with Crippen molar-refractivity contribution in [3.8, 4) is 0 Å². The van der Waals surface area contributed by atoms with Crippen LogP contribution >= 0.6 is 0 Å². The maximum Gasteiger partial charge on any atom is -0.00854 e. The van der Waals surface area contributed by atoms with Crippen LogP contribution in [0.5, 0.6) is 0 Å². The molecule has 0 bridgehead atoms. The van der Waals surface area contributed by atoms with Gasteiger partial charge in [0, 0.05) is 0 Å². The van der Waals surface area contributed by atoms with E-state index in [-0.39, 0.29) is 0 Å². The molecule has 4 fully saturated rings. The highest BCUT2D eigenvalue weighted by Crippen LogP contribution is 2.78. The summed E-state index contributed by atoms with van der Waals surface area (Å²) in [6.45, 7) is 21.3. The van der Waals surface area contributed by atoms with E-state index in [0.717, 1.165) is 17.8 Å². The van der Waals surface area contributed by atoms with Gasteiger partial charge in [-0.15, -0.1) is 0 Å². The number of rotatable bonds is 0.